The van der Waals surface area contributed by atoms with Gasteiger partial charge in [0.05, 0.1) is 0 Å². The van der Waals surface area contributed by atoms with Crippen LogP contribution >= 0.6 is 0 Å². The van der Waals surface area contributed by atoms with Crippen LogP contribution in [0.1, 0.15) is 29.5 Å². The molecule has 0 bridgehead atoms. The molecule has 2 amide bonds. The summed E-state index contributed by atoms with van der Waals surface area (Å²) in [6.45, 7) is 4.87. The highest BCUT2D eigenvalue weighted by Crippen LogP contribution is 2.09. The van der Waals surface area contributed by atoms with Gasteiger partial charge in [0, 0.05) is 19.5 Å². The molecule has 1 rings (SSSR count). The van der Waals surface area contributed by atoms with Crippen LogP contribution < -0.4 is 10.6 Å². The summed E-state index contributed by atoms with van der Waals surface area (Å²) in [6, 6.07) is 5.80. The molecule has 0 aliphatic rings. The summed E-state index contributed by atoms with van der Waals surface area (Å²) in [6.07, 6.45) is 0.504. The molecule has 1 aromatic rings. The summed E-state index contributed by atoms with van der Waals surface area (Å²) in [5.41, 5.74) is 3.41. The van der Waals surface area contributed by atoms with E-state index in [9.17, 15) is 9.59 Å². The zero-order valence-corrected chi connectivity index (χ0v) is 11.3. The number of carboxylic acids is 1. The van der Waals surface area contributed by atoms with Crippen molar-refractivity contribution in [2.24, 2.45) is 0 Å². The molecule has 0 spiro atoms. The van der Waals surface area contributed by atoms with Crippen LogP contribution in [0.15, 0.2) is 18.2 Å². The first-order valence-corrected chi connectivity index (χ1v) is 6.28. The van der Waals surface area contributed by atoms with Crippen molar-refractivity contribution in [2.45, 2.75) is 33.2 Å². The fourth-order valence-corrected chi connectivity index (χ4v) is 1.72. The van der Waals surface area contributed by atoms with Crippen molar-refractivity contribution < 1.29 is 14.7 Å². The topological polar surface area (TPSA) is 78.4 Å². The van der Waals surface area contributed by atoms with Gasteiger partial charge in [0.15, 0.2) is 0 Å². The lowest BCUT2D eigenvalue weighted by Crippen LogP contribution is -2.35. The second kappa shape index (κ2) is 7.41. The Morgan fingerprint density at radius 2 is 1.95 bits per heavy atom. The largest absolute Gasteiger partial charge is 0.481 e. The summed E-state index contributed by atoms with van der Waals surface area (Å²) in [4.78, 5) is 21.8. The van der Waals surface area contributed by atoms with Crippen LogP contribution in [-0.2, 0) is 11.3 Å². The maximum Gasteiger partial charge on any atom is 0.315 e. The fourth-order valence-electron chi connectivity index (χ4n) is 1.72. The van der Waals surface area contributed by atoms with Gasteiger partial charge in [0.25, 0.3) is 0 Å². The van der Waals surface area contributed by atoms with Gasteiger partial charge in [0.2, 0.25) is 0 Å². The third-order valence-corrected chi connectivity index (χ3v) is 2.79. The van der Waals surface area contributed by atoms with Crippen molar-refractivity contribution in [1.82, 2.24) is 10.6 Å². The molecule has 0 aliphatic heterocycles. The van der Waals surface area contributed by atoms with Crippen LogP contribution in [0.5, 0.6) is 0 Å². The fraction of sp³-hybridized carbons (Fsp3) is 0.429. The smallest absolute Gasteiger partial charge is 0.315 e. The Morgan fingerprint density at radius 1 is 1.21 bits per heavy atom. The number of carboxylic acid groups (broad SMARTS) is 1. The van der Waals surface area contributed by atoms with Gasteiger partial charge >= 0.3 is 12.0 Å². The molecular formula is C14H20N2O3. The van der Waals surface area contributed by atoms with Gasteiger partial charge in [-0.25, -0.2) is 4.79 Å². The average Bonchev–Trinajstić information content (AvgIpc) is 2.33. The van der Waals surface area contributed by atoms with E-state index in [0.717, 1.165) is 11.1 Å². The number of urea groups is 1. The Kier molecular flexibility index (Phi) is 5.85. The third-order valence-electron chi connectivity index (χ3n) is 2.79. The van der Waals surface area contributed by atoms with Crippen LogP contribution in [0.4, 0.5) is 4.79 Å². The van der Waals surface area contributed by atoms with Crippen LogP contribution in [0.2, 0.25) is 0 Å². The highest BCUT2D eigenvalue weighted by molar-refractivity contribution is 5.74. The van der Waals surface area contributed by atoms with Crippen LogP contribution in [0.3, 0.4) is 0 Å². The van der Waals surface area contributed by atoms with Crippen molar-refractivity contribution in [2.75, 3.05) is 6.54 Å². The van der Waals surface area contributed by atoms with E-state index in [-0.39, 0.29) is 12.5 Å². The lowest BCUT2D eigenvalue weighted by atomic mass is 10.1. The van der Waals surface area contributed by atoms with E-state index < -0.39 is 5.97 Å². The molecule has 0 fully saturated rings. The number of aryl methyl sites for hydroxylation is 2. The molecule has 19 heavy (non-hydrogen) atoms. The van der Waals surface area contributed by atoms with Crippen molar-refractivity contribution in [3.8, 4) is 0 Å². The molecule has 0 aliphatic carbocycles. The van der Waals surface area contributed by atoms with Crippen molar-refractivity contribution >= 4 is 12.0 Å². The quantitative estimate of drug-likeness (QED) is 0.687. The molecule has 0 unspecified atom stereocenters. The summed E-state index contributed by atoms with van der Waals surface area (Å²) < 4.78 is 0. The molecule has 0 heterocycles. The number of carbonyl (C=O) groups excluding carboxylic acids is 1. The maximum atomic E-state index is 11.5. The zero-order valence-electron chi connectivity index (χ0n) is 11.3. The monoisotopic (exact) mass is 264 g/mol. The highest BCUT2D eigenvalue weighted by Gasteiger charge is 2.03. The molecular weight excluding hydrogens is 244 g/mol. The van der Waals surface area contributed by atoms with Gasteiger partial charge in [-0.2, -0.15) is 0 Å². The lowest BCUT2D eigenvalue weighted by molar-refractivity contribution is -0.137. The molecule has 0 saturated carbocycles. The predicted octanol–water partition coefficient (Wildman–Crippen LogP) is 1.97. The van der Waals surface area contributed by atoms with Crippen LogP contribution in [-0.4, -0.2) is 23.7 Å². The summed E-state index contributed by atoms with van der Waals surface area (Å²) >= 11 is 0. The first-order valence-electron chi connectivity index (χ1n) is 6.28. The Labute approximate surface area is 113 Å². The summed E-state index contributed by atoms with van der Waals surface area (Å²) in [7, 11) is 0. The van der Waals surface area contributed by atoms with Crippen molar-refractivity contribution in [1.29, 1.82) is 0 Å². The number of carbonyl (C=O) groups is 2. The van der Waals surface area contributed by atoms with E-state index in [2.05, 4.69) is 16.7 Å². The standard InChI is InChI=1S/C14H20N2O3/c1-10-5-6-12(11(2)8-10)9-16-14(19)15-7-3-4-13(17)18/h5-6,8H,3-4,7,9H2,1-2H3,(H,17,18)(H2,15,16,19). The summed E-state index contributed by atoms with van der Waals surface area (Å²) in [5.74, 6) is -0.850. The average molecular weight is 264 g/mol. The van der Waals surface area contributed by atoms with E-state index in [1.165, 1.54) is 5.56 Å². The second-order valence-corrected chi connectivity index (χ2v) is 4.54. The number of nitrogens with one attached hydrogen (secondary N) is 2. The van der Waals surface area contributed by atoms with Gasteiger partial charge in [-0.05, 0) is 31.4 Å². The minimum Gasteiger partial charge on any atom is -0.481 e. The lowest BCUT2D eigenvalue weighted by Gasteiger charge is -2.09. The Morgan fingerprint density at radius 3 is 2.58 bits per heavy atom. The summed E-state index contributed by atoms with van der Waals surface area (Å²) in [5, 5.41) is 13.8. The van der Waals surface area contributed by atoms with E-state index in [0.29, 0.717) is 19.5 Å². The van der Waals surface area contributed by atoms with Crippen molar-refractivity contribution in [3.05, 3.63) is 34.9 Å². The second-order valence-electron chi connectivity index (χ2n) is 4.54. The SMILES string of the molecule is Cc1ccc(CNC(=O)NCCCC(=O)O)c(C)c1. The molecule has 5 nitrogen and oxygen atoms in total. The number of hydrogen-bond acceptors (Lipinski definition) is 2. The first-order chi connectivity index (χ1) is 8.99. The molecule has 5 heteroatoms. The first kappa shape index (κ1) is 15.0. The van der Waals surface area contributed by atoms with E-state index in [4.69, 9.17) is 5.11 Å². The molecule has 104 valence electrons. The number of aliphatic carboxylic acids is 1. The molecule has 3 N–H and O–H groups in total. The Balaban J connectivity index is 2.28. The van der Waals surface area contributed by atoms with Gasteiger partial charge in [0.1, 0.15) is 0 Å². The molecule has 0 aromatic heterocycles. The molecule has 1 aromatic carbocycles. The minimum atomic E-state index is -0.850. The number of hydrogen-bond donors (Lipinski definition) is 3. The number of rotatable bonds is 6. The van der Waals surface area contributed by atoms with E-state index in [1.807, 2.05) is 26.0 Å². The minimum absolute atomic E-state index is 0.0668. The van der Waals surface area contributed by atoms with Gasteiger partial charge in [-0.15, -0.1) is 0 Å². The Hall–Kier alpha value is -2.04. The highest BCUT2D eigenvalue weighted by atomic mass is 16.4. The molecule has 0 radical (unpaired) electrons. The third kappa shape index (κ3) is 5.90. The Bertz CT molecular complexity index is 458. The van der Waals surface area contributed by atoms with Gasteiger partial charge in [-0.3, -0.25) is 4.79 Å². The number of amides is 2. The van der Waals surface area contributed by atoms with Crippen molar-refractivity contribution in [3.63, 3.8) is 0 Å². The van der Waals surface area contributed by atoms with Gasteiger partial charge < -0.3 is 15.7 Å². The molecule has 0 atom stereocenters. The zero-order chi connectivity index (χ0) is 14.3. The normalized spacial score (nSPS) is 10.0. The predicted molar refractivity (Wildman–Crippen MR) is 73.0 cm³/mol. The van der Waals surface area contributed by atoms with Gasteiger partial charge in [-0.1, -0.05) is 23.8 Å². The van der Waals surface area contributed by atoms with Crippen LogP contribution in [0.25, 0.3) is 0 Å². The van der Waals surface area contributed by atoms with Crippen LogP contribution in [0, 0.1) is 13.8 Å². The van der Waals surface area contributed by atoms with E-state index >= 15 is 0 Å². The molecule has 0 saturated heterocycles. The maximum absolute atomic E-state index is 11.5. The van der Waals surface area contributed by atoms with E-state index in [1.54, 1.807) is 0 Å². The number of benzene rings is 1.